The van der Waals surface area contributed by atoms with E-state index in [2.05, 4.69) is 46.8 Å². The summed E-state index contributed by atoms with van der Waals surface area (Å²) in [7, 11) is 0. The normalized spacial score (nSPS) is 10.8. The fourth-order valence-corrected chi connectivity index (χ4v) is 3.43. The molecule has 28 heavy (non-hydrogen) atoms. The molecule has 0 bridgehead atoms. The first-order chi connectivity index (χ1) is 13.5. The van der Waals surface area contributed by atoms with Crippen LogP contribution in [0.1, 0.15) is 0 Å². The maximum absolute atomic E-state index is 10.3. The Hall–Kier alpha value is -2.77. The van der Waals surface area contributed by atoms with Crippen molar-refractivity contribution in [3.63, 3.8) is 0 Å². The molecule has 0 aliphatic carbocycles. The smallest absolute Gasteiger partial charge is 0.167 e. The van der Waals surface area contributed by atoms with Crippen LogP contribution in [0, 0.1) is 0 Å². The number of nitrogens with zero attached hydrogens (tertiary/aromatic N) is 3. The molecule has 4 aromatic rings. The number of aromatic nitrogens is 3. The van der Waals surface area contributed by atoms with E-state index in [4.69, 9.17) is 0 Å². The molecule has 3 aromatic carbocycles. The summed E-state index contributed by atoms with van der Waals surface area (Å²) in [6.07, 6.45) is 0. The number of phenols is 2. The number of rotatable bonds is 3. The Kier molecular flexibility index (Phi) is 5.11. The first-order valence-electron chi connectivity index (χ1n) is 8.30. The molecule has 0 amide bonds. The van der Waals surface area contributed by atoms with Gasteiger partial charge in [-0.2, -0.15) is 0 Å². The molecule has 2 N–H and O–H groups in total. The predicted octanol–water partition coefficient (Wildman–Crippen LogP) is 5.81. The second kappa shape index (κ2) is 7.69. The van der Waals surface area contributed by atoms with Crippen LogP contribution < -0.4 is 0 Å². The summed E-state index contributed by atoms with van der Waals surface area (Å²) in [5, 5.41) is 20.7. The van der Waals surface area contributed by atoms with Gasteiger partial charge in [0.15, 0.2) is 17.5 Å². The van der Waals surface area contributed by atoms with E-state index in [1.807, 2.05) is 30.3 Å². The van der Waals surface area contributed by atoms with Gasteiger partial charge in [-0.15, -0.1) is 0 Å². The summed E-state index contributed by atoms with van der Waals surface area (Å²) in [5.74, 6) is 1.17. The van der Waals surface area contributed by atoms with Crippen LogP contribution in [-0.2, 0) is 0 Å². The van der Waals surface area contributed by atoms with E-state index >= 15 is 0 Å². The lowest BCUT2D eigenvalue weighted by molar-refractivity contribution is 0.476. The number of aromatic hydroxyl groups is 2. The molecule has 7 heteroatoms. The van der Waals surface area contributed by atoms with Gasteiger partial charge in [0.1, 0.15) is 11.5 Å². The quantitative estimate of drug-likeness (QED) is 0.372. The second-order valence-electron chi connectivity index (χ2n) is 6.00. The highest BCUT2D eigenvalue weighted by Crippen LogP contribution is 2.34. The molecule has 0 fully saturated rings. The third kappa shape index (κ3) is 3.76. The highest BCUT2D eigenvalue weighted by Gasteiger charge is 2.17. The summed E-state index contributed by atoms with van der Waals surface area (Å²) in [5.41, 5.74) is 1.73. The molecule has 0 spiro atoms. The lowest BCUT2D eigenvalue weighted by Gasteiger charge is -2.10. The molecule has 1 aromatic heterocycles. The second-order valence-corrected chi connectivity index (χ2v) is 7.83. The van der Waals surface area contributed by atoms with Crippen molar-refractivity contribution in [2.75, 3.05) is 0 Å². The van der Waals surface area contributed by atoms with E-state index in [9.17, 15) is 10.2 Å². The molecule has 4 rings (SSSR count). The van der Waals surface area contributed by atoms with Crippen LogP contribution in [0.3, 0.4) is 0 Å². The van der Waals surface area contributed by atoms with E-state index in [1.165, 1.54) is 0 Å². The molecule has 138 valence electrons. The molecule has 0 aliphatic heterocycles. The van der Waals surface area contributed by atoms with Gasteiger partial charge in [0.2, 0.25) is 0 Å². The summed E-state index contributed by atoms with van der Waals surface area (Å²) in [4.78, 5) is 13.6. The summed E-state index contributed by atoms with van der Waals surface area (Å²) >= 11 is 6.83. The summed E-state index contributed by atoms with van der Waals surface area (Å²) in [6.45, 7) is 0. The zero-order valence-corrected chi connectivity index (χ0v) is 17.5. The van der Waals surface area contributed by atoms with Crippen molar-refractivity contribution in [1.29, 1.82) is 0 Å². The SMILES string of the molecule is Oc1ccc(Br)cc1-c1nc(-c2ccccc2)nc(-c2cc(Br)ccc2O)n1. The zero-order valence-electron chi connectivity index (χ0n) is 14.3. The third-order valence-corrected chi connectivity index (χ3v) is 5.05. The molecule has 0 aliphatic rings. The van der Waals surface area contributed by atoms with Gasteiger partial charge in [0.05, 0.1) is 11.1 Å². The Morgan fingerprint density at radius 2 is 1.04 bits per heavy atom. The monoisotopic (exact) mass is 497 g/mol. The lowest BCUT2D eigenvalue weighted by atomic mass is 10.1. The van der Waals surface area contributed by atoms with Crippen molar-refractivity contribution < 1.29 is 10.2 Å². The zero-order chi connectivity index (χ0) is 19.7. The fourth-order valence-electron chi connectivity index (χ4n) is 2.71. The third-order valence-electron chi connectivity index (χ3n) is 4.07. The van der Waals surface area contributed by atoms with Crippen LogP contribution >= 0.6 is 31.9 Å². The largest absolute Gasteiger partial charge is 0.507 e. The van der Waals surface area contributed by atoms with Crippen molar-refractivity contribution in [3.8, 4) is 45.7 Å². The van der Waals surface area contributed by atoms with Crippen LogP contribution in [-0.4, -0.2) is 25.2 Å². The van der Waals surface area contributed by atoms with Crippen LogP contribution in [0.5, 0.6) is 11.5 Å². The van der Waals surface area contributed by atoms with Crippen LogP contribution in [0.2, 0.25) is 0 Å². The van der Waals surface area contributed by atoms with Crippen LogP contribution in [0.15, 0.2) is 75.7 Å². The summed E-state index contributed by atoms with van der Waals surface area (Å²) < 4.78 is 1.57. The fraction of sp³-hybridized carbons (Fsp3) is 0. The molecular formula is C21H13Br2N3O2. The Balaban J connectivity index is 1.99. The topological polar surface area (TPSA) is 79.1 Å². The van der Waals surface area contributed by atoms with Crippen LogP contribution in [0.25, 0.3) is 34.2 Å². The standard InChI is InChI=1S/C21H13Br2N3O2/c22-13-6-8-17(27)15(10-13)20-24-19(12-4-2-1-3-5-12)25-21(26-20)16-11-14(23)7-9-18(16)28/h1-11,27-28H. The highest BCUT2D eigenvalue weighted by molar-refractivity contribution is 9.10. The van der Waals surface area contributed by atoms with Crippen molar-refractivity contribution in [3.05, 3.63) is 75.7 Å². The van der Waals surface area contributed by atoms with E-state index in [0.717, 1.165) is 14.5 Å². The Morgan fingerprint density at radius 3 is 1.54 bits per heavy atom. The van der Waals surface area contributed by atoms with Gasteiger partial charge in [0, 0.05) is 14.5 Å². The molecule has 0 saturated carbocycles. The number of halogens is 2. The maximum Gasteiger partial charge on any atom is 0.167 e. The molecule has 0 atom stereocenters. The van der Waals surface area contributed by atoms with Crippen LogP contribution in [0.4, 0.5) is 0 Å². The van der Waals surface area contributed by atoms with Crippen molar-refractivity contribution in [1.82, 2.24) is 15.0 Å². The van der Waals surface area contributed by atoms with Crippen molar-refractivity contribution >= 4 is 31.9 Å². The molecular weight excluding hydrogens is 486 g/mol. The van der Waals surface area contributed by atoms with Gasteiger partial charge in [-0.25, -0.2) is 15.0 Å². The number of hydrogen-bond acceptors (Lipinski definition) is 5. The average Bonchev–Trinajstić information content (AvgIpc) is 2.72. The van der Waals surface area contributed by atoms with Crippen molar-refractivity contribution in [2.24, 2.45) is 0 Å². The Labute approximate surface area is 178 Å². The van der Waals surface area contributed by atoms with Gasteiger partial charge in [-0.1, -0.05) is 62.2 Å². The van der Waals surface area contributed by atoms with Gasteiger partial charge >= 0.3 is 0 Å². The molecule has 1 heterocycles. The molecule has 0 saturated heterocycles. The Bertz CT molecular complexity index is 1100. The molecule has 0 unspecified atom stereocenters. The summed E-state index contributed by atoms with van der Waals surface area (Å²) in [6, 6.07) is 19.6. The van der Waals surface area contributed by atoms with E-state index in [-0.39, 0.29) is 11.5 Å². The van der Waals surface area contributed by atoms with Gasteiger partial charge < -0.3 is 10.2 Å². The van der Waals surface area contributed by atoms with E-state index in [0.29, 0.717) is 28.6 Å². The average molecular weight is 499 g/mol. The molecule has 5 nitrogen and oxygen atoms in total. The Morgan fingerprint density at radius 1 is 0.571 bits per heavy atom. The number of hydrogen-bond donors (Lipinski definition) is 2. The van der Waals surface area contributed by atoms with Gasteiger partial charge in [-0.05, 0) is 36.4 Å². The van der Waals surface area contributed by atoms with Gasteiger partial charge in [-0.3, -0.25) is 0 Å². The minimum Gasteiger partial charge on any atom is -0.507 e. The van der Waals surface area contributed by atoms with E-state index in [1.54, 1.807) is 36.4 Å². The highest BCUT2D eigenvalue weighted by atomic mass is 79.9. The van der Waals surface area contributed by atoms with E-state index < -0.39 is 0 Å². The van der Waals surface area contributed by atoms with Crippen molar-refractivity contribution in [2.45, 2.75) is 0 Å². The van der Waals surface area contributed by atoms with Gasteiger partial charge in [0.25, 0.3) is 0 Å². The minimum absolute atomic E-state index is 0.0535. The predicted molar refractivity (Wildman–Crippen MR) is 115 cm³/mol. The maximum atomic E-state index is 10.3. The number of phenolic OH excluding ortho intramolecular Hbond substituents is 2. The first kappa shape index (κ1) is 18.6. The molecule has 0 radical (unpaired) electrons. The minimum atomic E-state index is 0.0535. The lowest BCUT2D eigenvalue weighted by Crippen LogP contribution is -2.00. The number of benzene rings is 3. The first-order valence-corrected chi connectivity index (χ1v) is 9.89.